The fraction of sp³-hybridized carbons (Fsp3) is 0.136. The van der Waals surface area contributed by atoms with Crippen LogP contribution >= 0.6 is 0 Å². The predicted octanol–water partition coefficient (Wildman–Crippen LogP) is 4.45. The van der Waals surface area contributed by atoms with Gasteiger partial charge in [-0.15, -0.1) is 0 Å². The second kappa shape index (κ2) is 10.0. The normalized spacial score (nSPS) is 10.0. The maximum atomic E-state index is 11.7. The number of aromatic carboxylic acids is 1. The Bertz CT molecular complexity index is 1070. The van der Waals surface area contributed by atoms with Crippen molar-refractivity contribution in [3.8, 4) is 0 Å². The van der Waals surface area contributed by atoms with Crippen LogP contribution in [0, 0.1) is 0 Å². The van der Waals surface area contributed by atoms with Crippen LogP contribution in [0.3, 0.4) is 0 Å². The summed E-state index contributed by atoms with van der Waals surface area (Å²) >= 11 is 0. The van der Waals surface area contributed by atoms with Crippen LogP contribution in [0.1, 0.15) is 34.1 Å². The molecule has 0 aromatic heterocycles. The number of benzene rings is 3. The zero-order valence-corrected chi connectivity index (χ0v) is 15.8. The second-order valence-electron chi connectivity index (χ2n) is 5.93. The smallest absolute Gasteiger partial charge is 0.373 e. The zero-order chi connectivity index (χ0) is 21.4. The first-order chi connectivity index (χ1) is 13.9. The Morgan fingerprint density at radius 1 is 0.966 bits per heavy atom. The Morgan fingerprint density at radius 3 is 2.00 bits per heavy atom. The van der Waals surface area contributed by atoms with Gasteiger partial charge in [-0.2, -0.15) is 5.26 Å². The molecule has 2 N–H and O–H groups in total. The molecule has 0 atom stereocenters. The summed E-state index contributed by atoms with van der Waals surface area (Å²) in [7, 11) is 0. The van der Waals surface area contributed by atoms with E-state index in [0.717, 1.165) is 12.5 Å². The van der Waals surface area contributed by atoms with Gasteiger partial charge < -0.3 is 9.84 Å². The van der Waals surface area contributed by atoms with Crippen molar-refractivity contribution in [1.82, 2.24) is 0 Å². The van der Waals surface area contributed by atoms with Gasteiger partial charge in [0.1, 0.15) is 0 Å². The van der Waals surface area contributed by atoms with E-state index in [9.17, 15) is 19.5 Å². The number of hydrogen-bond acceptors (Lipinski definition) is 6. The van der Waals surface area contributed by atoms with Crippen molar-refractivity contribution in [3.05, 3.63) is 72.3 Å². The van der Waals surface area contributed by atoms with Gasteiger partial charge in [0.25, 0.3) is 0 Å². The molecule has 0 bridgehead atoms. The highest BCUT2D eigenvalue weighted by atomic mass is 17.1. The highest BCUT2D eigenvalue weighted by Gasteiger charge is 2.17. The lowest BCUT2D eigenvalue weighted by Crippen LogP contribution is -2.04. The lowest BCUT2D eigenvalue weighted by atomic mass is 9.94. The SMILES string of the molecule is C=CC(=O)OCCC.O=C(O)c1cccc2ccc3cccc(C(=O)OO)c3c12. The van der Waals surface area contributed by atoms with E-state index < -0.39 is 11.9 Å². The third-order valence-electron chi connectivity index (χ3n) is 4.03. The minimum absolute atomic E-state index is 0.0938. The molecule has 29 heavy (non-hydrogen) atoms. The van der Waals surface area contributed by atoms with Gasteiger partial charge >= 0.3 is 17.9 Å². The predicted molar refractivity (Wildman–Crippen MR) is 108 cm³/mol. The minimum Gasteiger partial charge on any atom is -0.478 e. The fourth-order valence-corrected chi connectivity index (χ4v) is 2.81. The van der Waals surface area contributed by atoms with Gasteiger partial charge in [-0.05, 0) is 29.3 Å². The second-order valence-corrected chi connectivity index (χ2v) is 5.93. The molecule has 0 spiro atoms. The summed E-state index contributed by atoms with van der Waals surface area (Å²) in [6.45, 7) is 5.67. The molecule has 0 aliphatic rings. The van der Waals surface area contributed by atoms with Crippen LogP contribution in [-0.2, 0) is 14.4 Å². The van der Waals surface area contributed by atoms with Crippen LogP contribution in [0.15, 0.2) is 61.2 Å². The molecule has 0 unspecified atom stereocenters. The highest BCUT2D eigenvalue weighted by Crippen LogP contribution is 2.31. The Morgan fingerprint density at radius 2 is 1.52 bits per heavy atom. The summed E-state index contributed by atoms with van der Waals surface area (Å²) in [6, 6.07) is 13.4. The van der Waals surface area contributed by atoms with Crippen molar-refractivity contribution in [2.75, 3.05) is 6.61 Å². The van der Waals surface area contributed by atoms with E-state index >= 15 is 0 Å². The largest absolute Gasteiger partial charge is 0.478 e. The molecule has 7 nitrogen and oxygen atoms in total. The molecule has 150 valence electrons. The van der Waals surface area contributed by atoms with E-state index in [1.807, 2.05) is 6.92 Å². The number of carboxylic acid groups (broad SMARTS) is 1. The number of carbonyl (C=O) groups excluding carboxylic acids is 2. The Hall–Kier alpha value is -3.71. The zero-order valence-electron chi connectivity index (χ0n) is 15.8. The number of esters is 1. The average Bonchev–Trinajstić information content (AvgIpc) is 2.76. The van der Waals surface area contributed by atoms with E-state index in [-0.39, 0.29) is 17.1 Å². The number of carbonyl (C=O) groups is 3. The van der Waals surface area contributed by atoms with Crippen molar-refractivity contribution < 1.29 is 34.4 Å². The third-order valence-corrected chi connectivity index (χ3v) is 4.03. The molecule has 3 aromatic rings. The average molecular weight is 396 g/mol. The summed E-state index contributed by atoms with van der Waals surface area (Å²) in [5.74, 6) is -2.35. The highest BCUT2D eigenvalue weighted by molar-refractivity contribution is 6.21. The van der Waals surface area contributed by atoms with Crippen LogP contribution in [-0.4, -0.2) is 34.9 Å². The van der Waals surface area contributed by atoms with Crippen LogP contribution in [0.5, 0.6) is 0 Å². The van der Waals surface area contributed by atoms with Crippen LogP contribution in [0.2, 0.25) is 0 Å². The standard InChI is InChI=1S/C16H10O5.C6H10O2/c17-15(18)11-5-1-3-9-7-8-10-4-2-6-12(16(19)21-20)14(10)13(9)11;1-3-5-8-6(7)4-2/h1-8,20H,(H,17,18);4H,2-3,5H2,1H3. The molecule has 0 heterocycles. The van der Waals surface area contributed by atoms with Gasteiger partial charge in [-0.1, -0.05) is 49.9 Å². The molecule has 0 amide bonds. The van der Waals surface area contributed by atoms with E-state index in [4.69, 9.17) is 5.26 Å². The van der Waals surface area contributed by atoms with Crippen LogP contribution in [0.4, 0.5) is 0 Å². The molecule has 0 saturated carbocycles. The topological polar surface area (TPSA) is 110 Å². The number of fused-ring (bicyclic) bond motifs is 3. The summed E-state index contributed by atoms with van der Waals surface area (Å²) in [5, 5.41) is 20.3. The van der Waals surface area contributed by atoms with Crippen molar-refractivity contribution in [2.24, 2.45) is 0 Å². The first kappa shape index (κ1) is 21.6. The third kappa shape index (κ3) is 4.97. The van der Waals surface area contributed by atoms with Gasteiger partial charge in [0.2, 0.25) is 0 Å². The number of hydrogen-bond donors (Lipinski definition) is 2. The maximum Gasteiger partial charge on any atom is 0.373 e. The first-order valence-electron chi connectivity index (χ1n) is 8.77. The summed E-state index contributed by atoms with van der Waals surface area (Å²) < 4.78 is 4.58. The molecule has 3 aromatic carbocycles. The Balaban J connectivity index is 0.000000321. The Labute approximate surface area is 166 Å². The maximum absolute atomic E-state index is 11.7. The van der Waals surface area contributed by atoms with Crippen LogP contribution < -0.4 is 0 Å². The number of carboxylic acids is 1. The molecule has 0 aliphatic carbocycles. The van der Waals surface area contributed by atoms with E-state index in [0.29, 0.717) is 28.2 Å². The van der Waals surface area contributed by atoms with Crippen molar-refractivity contribution >= 4 is 39.5 Å². The molecular formula is C22H20O7. The van der Waals surface area contributed by atoms with Gasteiger partial charge in [0.05, 0.1) is 17.7 Å². The van der Waals surface area contributed by atoms with Crippen LogP contribution in [0.25, 0.3) is 21.5 Å². The molecule has 3 rings (SSSR count). The summed E-state index contributed by atoms with van der Waals surface area (Å²) in [5.41, 5.74) is 0.214. The molecule has 7 heteroatoms. The number of rotatable bonds is 5. The van der Waals surface area contributed by atoms with E-state index in [1.54, 1.807) is 36.4 Å². The lowest BCUT2D eigenvalue weighted by molar-refractivity contribution is -0.182. The van der Waals surface area contributed by atoms with E-state index in [1.165, 1.54) is 12.1 Å². The fourth-order valence-electron chi connectivity index (χ4n) is 2.81. The number of ether oxygens (including phenoxy) is 1. The molecule has 0 saturated heterocycles. The molecule has 0 aliphatic heterocycles. The van der Waals surface area contributed by atoms with Gasteiger partial charge in [-0.3, -0.25) is 4.89 Å². The van der Waals surface area contributed by atoms with Gasteiger partial charge in [-0.25, -0.2) is 14.4 Å². The monoisotopic (exact) mass is 396 g/mol. The minimum atomic E-state index is -1.08. The lowest BCUT2D eigenvalue weighted by Gasteiger charge is -2.10. The van der Waals surface area contributed by atoms with Crippen molar-refractivity contribution in [2.45, 2.75) is 13.3 Å². The van der Waals surface area contributed by atoms with Gasteiger partial charge in [0.15, 0.2) is 0 Å². The van der Waals surface area contributed by atoms with E-state index in [2.05, 4.69) is 16.2 Å². The molecule has 0 fully saturated rings. The first-order valence-corrected chi connectivity index (χ1v) is 8.77. The molecular weight excluding hydrogens is 376 g/mol. The van der Waals surface area contributed by atoms with Gasteiger partial charge in [0, 0.05) is 16.8 Å². The quantitative estimate of drug-likeness (QED) is 0.216. The van der Waals surface area contributed by atoms with Crippen molar-refractivity contribution in [3.63, 3.8) is 0 Å². The molecule has 0 radical (unpaired) electrons. The van der Waals surface area contributed by atoms with Crippen molar-refractivity contribution in [1.29, 1.82) is 0 Å². The Kier molecular flexibility index (Phi) is 7.45. The summed E-state index contributed by atoms with van der Waals surface area (Å²) in [4.78, 5) is 37.2. The summed E-state index contributed by atoms with van der Waals surface area (Å²) in [6.07, 6.45) is 2.02.